The molecular weight excluding hydrogens is 180 g/mol. The van der Waals surface area contributed by atoms with Crippen LogP contribution in [-0.4, -0.2) is 0 Å². The van der Waals surface area contributed by atoms with Crippen molar-refractivity contribution in [3.63, 3.8) is 0 Å². The third kappa shape index (κ3) is 2.25. The number of hydrogen-bond acceptors (Lipinski definition) is 0. The molecule has 1 saturated carbocycles. The van der Waals surface area contributed by atoms with E-state index < -0.39 is 0 Å². The van der Waals surface area contributed by atoms with Crippen molar-refractivity contribution in [2.24, 2.45) is 5.92 Å². The highest BCUT2D eigenvalue weighted by molar-refractivity contribution is 5.35. The van der Waals surface area contributed by atoms with Crippen LogP contribution in [0.4, 0.5) is 0 Å². The van der Waals surface area contributed by atoms with Gasteiger partial charge in [-0.05, 0) is 55.2 Å². The van der Waals surface area contributed by atoms with E-state index in [-0.39, 0.29) is 0 Å². The molecule has 2 rings (SSSR count). The Kier molecular flexibility index (Phi) is 3.14. The molecule has 1 aromatic carbocycles. The van der Waals surface area contributed by atoms with E-state index in [1.54, 1.807) is 5.56 Å². The zero-order valence-electron chi connectivity index (χ0n) is 10.2. The van der Waals surface area contributed by atoms with Gasteiger partial charge in [0.25, 0.3) is 0 Å². The summed E-state index contributed by atoms with van der Waals surface area (Å²) in [6.07, 6.45) is 5.64. The quantitative estimate of drug-likeness (QED) is 0.624. The van der Waals surface area contributed by atoms with Gasteiger partial charge in [-0.3, -0.25) is 0 Å². The lowest BCUT2D eigenvalue weighted by Gasteiger charge is -2.28. The van der Waals surface area contributed by atoms with Crippen LogP contribution in [-0.2, 0) is 0 Å². The lowest BCUT2D eigenvalue weighted by molar-refractivity contribution is 0.343. The summed E-state index contributed by atoms with van der Waals surface area (Å²) in [6.45, 7) is 6.91. The predicted octanol–water partition coefficient (Wildman–Crippen LogP) is 4.60. The third-order valence-electron chi connectivity index (χ3n) is 4.02. The SMILES string of the molecule is Cc1cccc(C2CCCC(C)C2)c1C. The van der Waals surface area contributed by atoms with Gasteiger partial charge in [-0.15, -0.1) is 0 Å². The fourth-order valence-electron chi connectivity index (χ4n) is 2.93. The van der Waals surface area contributed by atoms with Gasteiger partial charge in [0.15, 0.2) is 0 Å². The molecule has 15 heavy (non-hydrogen) atoms. The Morgan fingerprint density at radius 1 is 1.13 bits per heavy atom. The minimum atomic E-state index is 0.827. The molecule has 0 N–H and O–H groups in total. The fraction of sp³-hybridized carbons (Fsp3) is 0.600. The molecule has 0 saturated heterocycles. The van der Waals surface area contributed by atoms with E-state index in [0.717, 1.165) is 11.8 Å². The van der Waals surface area contributed by atoms with Crippen molar-refractivity contribution in [3.8, 4) is 0 Å². The van der Waals surface area contributed by atoms with Crippen LogP contribution in [0.15, 0.2) is 18.2 Å². The van der Waals surface area contributed by atoms with Gasteiger partial charge in [0, 0.05) is 0 Å². The van der Waals surface area contributed by atoms with Crippen LogP contribution in [0.2, 0.25) is 0 Å². The minimum absolute atomic E-state index is 0.827. The minimum Gasteiger partial charge on any atom is -0.0625 e. The van der Waals surface area contributed by atoms with Gasteiger partial charge in [-0.25, -0.2) is 0 Å². The van der Waals surface area contributed by atoms with Gasteiger partial charge in [0.05, 0.1) is 0 Å². The maximum absolute atomic E-state index is 2.40. The number of benzene rings is 1. The Hall–Kier alpha value is -0.780. The standard InChI is InChI=1S/C15H22/c1-11-6-4-8-14(10-11)15-9-5-7-12(2)13(15)3/h5,7,9,11,14H,4,6,8,10H2,1-3H3. The van der Waals surface area contributed by atoms with Crippen LogP contribution in [0.25, 0.3) is 0 Å². The average molecular weight is 202 g/mol. The highest BCUT2D eigenvalue weighted by Crippen LogP contribution is 2.37. The van der Waals surface area contributed by atoms with Crippen LogP contribution >= 0.6 is 0 Å². The van der Waals surface area contributed by atoms with E-state index in [1.807, 2.05) is 0 Å². The third-order valence-corrected chi connectivity index (χ3v) is 4.02. The van der Waals surface area contributed by atoms with Gasteiger partial charge in [0.1, 0.15) is 0 Å². The van der Waals surface area contributed by atoms with Crippen LogP contribution < -0.4 is 0 Å². The normalized spacial score (nSPS) is 26.6. The van der Waals surface area contributed by atoms with Crippen LogP contribution in [0.3, 0.4) is 0 Å². The van der Waals surface area contributed by atoms with Crippen LogP contribution in [0, 0.1) is 19.8 Å². The molecule has 1 fully saturated rings. The maximum Gasteiger partial charge on any atom is -0.0157 e. The Bertz CT molecular complexity index is 338. The molecule has 0 aliphatic heterocycles. The molecule has 0 spiro atoms. The van der Waals surface area contributed by atoms with Crippen LogP contribution in [0.1, 0.15) is 55.2 Å². The van der Waals surface area contributed by atoms with Crippen molar-refractivity contribution < 1.29 is 0 Å². The monoisotopic (exact) mass is 202 g/mol. The number of rotatable bonds is 1. The summed E-state index contributed by atoms with van der Waals surface area (Å²) in [4.78, 5) is 0. The van der Waals surface area contributed by atoms with Crippen molar-refractivity contribution in [3.05, 3.63) is 34.9 Å². The average Bonchev–Trinajstić information content (AvgIpc) is 2.22. The molecule has 2 atom stereocenters. The summed E-state index contributed by atoms with van der Waals surface area (Å²) in [7, 11) is 0. The molecule has 0 bridgehead atoms. The van der Waals surface area contributed by atoms with Crippen LogP contribution in [0.5, 0.6) is 0 Å². The van der Waals surface area contributed by atoms with Crippen molar-refractivity contribution in [2.45, 2.75) is 52.4 Å². The van der Waals surface area contributed by atoms with E-state index in [0.29, 0.717) is 0 Å². The van der Waals surface area contributed by atoms with E-state index in [9.17, 15) is 0 Å². The molecule has 0 amide bonds. The summed E-state index contributed by atoms with van der Waals surface area (Å²) < 4.78 is 0. The second-order valence-corrected chi connectivity index (χ2v) is 5.26. The predicted molar refractivity (Wildman–Crippen MR) is 66.3 cm³/mol. The fourth-order valence-corrected chi connectivity index (χ4v) is 2.93. The highest BCUT2D eigenvalue weighted by atomic mass is 14.3. The molecule has 0 heterocycles. The Labute approximate surface area is 93.7 Å². The second-order valence-electron chi connectivity index (χ2n) is 5.26. The first-order valence-corrected chi connectivity index (χ1v) is 6.24. The van der Waals surface area contributed by atoms with Gasteiger partial charge in [-0.2, -0.15) is 0 Å². The molecule has 2 unspecified atom stereocenters. The molecule has 1 aliphatic carbocycles. The molecule has 1 aliphatic rings. The smallest absolute Gasteiger partial charge is 0.0157 e. The van der Waals surface area contributed by atoms with E-state index in [1.165, 1.54) is 36.8 Å². The topological polar surface area (TPSA) is 0 Å². The molecule has 82 valence electrons. The van der Waals surface area contributed by atoms with Crippen molar-refractivity contribution in [1.82, 2.24) is 0 Å². The van der Waals surface area contributed by atoms with Gasteiger partial charge < -0.3 is 0 Å². The summed E-state index contributed by atoms with van der Waals surface area (Å²) in [5, 5.41) is 0. The first-order valence-electron chi connectivity index (χ1n) is 6.24. The van der Waals surface area contributed by atoms with Gasteiger partial charge in [-0.1, -0.05) is 38.0 Å². The first kappa shape index (κ1) is 10.7. The number of hydrogen-bond donors (Lipinski definition) is 0. The van der Waals surface area contributed by atoms with Crippen molar-refractivity contribution >= 4 is 0 Å². The Morgan fingerprint density at radius 2 is 1.93 bits per heavy atom. The summed E-state index contributed by atoms with van der Waals surface area (Å²) >= 11 is 0. The van der Waals surface area contributed by atoms with Gasteiger partial charge in [0.2, 0.25) is 0 Å². The first-order chi connectivity index (χ1) is 7.18. The largest absolute Gasteiger partial charge is 0.0625 e. The van der Waals surface area contributed by atoms with E-state index in [2.05, 4.69) is 39.0 Å². The highest BCUT2D eigenvalue weighted by Gasteiger charge is 2.21. The zero-order chi connectivity index (χ0) is 10.8. The molecule has 0 heteroatoms. The lowest BCUT2D eigenvalue weighted by Crippen LogP contribution is -2.12. The van der Waals surface area contributed by atoms with Crippen molar-refractivity contribution in [2.75, 3.05) is 0 Å². The lowest BCUT2D eigenvalue weighted by atomic mass is 9.77. The molecule has 0 nitrogen and oxygen atoms in total. The summed E-state index contributed by atoms with van der Waals surface area (Å²) in [5.74, 6) is 1.75. The van der Waals surface area contributed by atoms with Crippen molar-refractivity contribution in [1.29, 1.82) is 0 Å². The molecule has 1 aromatic rings. The van der Waals surface area contributed by atoms with Gasteiger partial charge >= 0.3 is 0 Å². The summed E-state index contributed by atoms with van der Waals surface area (Å²) in [6, 6.07) is 6.78. The summed E-state index contributed by atoms with van der Waals surface area (Å²) in [5.41, 5.74) is 4.59. The maximum atomic E-state index is 2.40. The zero-order valence-corrected chi connectivity index (χ0v) is 10.2. The number of aryl methyl sites for hydroxylation is 1. The Balaban J connectivity index is 2.24. The van der Waals surface area contributed by atoms with E-state index in [4.69, 9.17) is 0 Å². The molecular formula is C15H22. The Morgan fingerprint density at radius 3 is 2.67 bits per heavy atom. The molecule has 0 aromatic heterocycles. The van der Waals surface area contributed by atoms with E-state index >= 15 is 0 Å². The molecule has 0 radical (unpaired) electrons. The second kappa shape index (κ2) is 4.38.